The third-order valence-electron chi connectivity index (χ3n) is 4.42. The summed E-state index contributed by atoms with van der Waals surface area (Å²) in [5.74, 6) is 0.834. The molecule has 3 heteroatoms. The number of hydrogen-bond donors (Lipinski definition) is 0. The molecule has 2 nitrogen and oxygen atoms in total. The van der Waals surface area contributed by atoms with Crippen LogP contribution >= 0.6 is 15.9 Å². The Morgan fingerprint density at radius 1 is 1.25 bits per heavy atom. The zero-order chi connectivity index (χ0) is 13.9. The maximum atomic E-state index is 4.45. The predicted molar refractivity (Wildman–Crippen MR) is 88.1 cm³/mol. The van der Waals surface area contributed by atoms with E-state index in [2.05, 4.69) is 63.1 Å². The average Bonchev–Trinajstić information content (AvgIpc) is 2.48. The fraction of sp³-hybridized carbons (Fsp3) is 0.471. The molecule has 1 aromatic carbocycles. The van der Waals surface area contributed by atoms with Gasteiger partial charge in [-0.15, -0.1) is 0 Å². The second-order valence-corrected chi connectivity index (χ2v) is 7.22. The molecule has 1 fully saturated rings. The zero-order valence-corrected chi connectivity index (χ0v) is 13.5. The van der Waals surface area contributed by atoms with Crippen LogP contribution in [0.4, 0.5) is 0 Å². The summed E-state index contributed by atoms with van der Waals surface area (Å²) >= 11 is 3.73. The van der Waals surface area contributed by atoms with Gasteiger partial charge in [-0.05, 0) is 49.5 Å². The fourth-order valence-electron chi connectivity index (χ4n) is 3.10. The van der Waals surface area contributed by atoms with Crippen LogP contribution in [0.1, 0.15) is 25.3 Å². The van der Waals surface area contributed by atoms with Crippen molar-refractivity contribution in [1.82, 2.24) is 9.88 Å². The van der Waals surface area contributed by atoms with Crippen molar-refractivity contribution in [1.29, 1.82) is 0 Å². The Hall–Kier alpha value is -0.930. The van der Waals surface area contributed by atoms with Gasteiger partial charge in [0.2, 0.25) is 0 Å². The first-order valence-electron chi connectivity index (χ1n) is 7.43. The van der Waals surface area contributed by atoms with E-state index in [9.17, 15) is 0 Å². The summed E-state index contributed by atoms with van der Waals surface area (Å²) in [6, 6.07) is 10.6. The molecular formula is C17H21BrN2. The van der Waals surface area contributed by atoms with E-state index in [4.69, 9.17) is 0 Å². The van der Waals surface area contributed by atoms with Crippen molar-refractivity contribution in [3.05, 3.63) is 42.1 Å². The lowest BCUT2D eigenvalue weighted by molar-refractivity contribution is 0.179. The number of benzene rings is 1. The highest BCUT2D eigenvalue weighted by Gasteiger charge is 2.22. The van der Waals surface area contributed by atoms with E-state index in [-0.39, 0.29) is 0 Å². The number of hydrogen-bond acceptors (Lipinski definition) is 2. The lowest BCUT2D eigenvalue weighted by atomic mass is 9.94. The van der Waals surface area contributed by atoms with E-state index in [1.165, 1.54) is 36.9 Å². The summed E-state index contributed by atoms with van der Waals surface area (Å²) in [5, 5.41) is 1.30. The van der Waals surface area contributed by atoms with Crippen LogP contribution in [-0.2, 0) is 6.54 Å². The fourth-order valence-corrected chi connectivity index (χ4v) is 3.63. The third-order valence-corrected chi connectivity index (χ3v) is 5.16. The molecule has 0 radical (unpaired) electrons. The second kappa shape index (κ2) is 6.23. The van der Waals surface area contributed by atoms with E-state index in [1.54, 1.807) is 0 Å². The van der Waals surface area contributed by atoms with Gasteiger partial charge in [0.1, 0.15) is 0 Å². The molecule has 0 saturated carbocycles. The highest BCUT2D eigenvalue weighted by Crippen LogP contribution is 2.26. The van der Waals surface area contributed by atoms with Crippen LogP contribution in [0.25, 0.3) is 10.9 Å². The largest absolute Gasteiger partial charge is 0.299 e. The van der Waals surface area contributed by atoms with E-state index >= 15 is 0 Å². The lowest BCUT2D eigenvalue weighted by Crippen LogP contribution is -2.35. The number of fused-ring (bicyclic) bond motifs is 1. The van der Waals surface area contributed by atoms with E-state index in [0.29, 0.717) is 4.83 Å². The molecule has 0 bridgehead atoms. The Labute approximate surface area is 129 Å². The van der Waals surface area contributed by atoms with E-state index in [0.717, 1.165) is 18.0 Å². The van der Waals surface area contributed by atoms with Crippen LogP contribution < -0.4 is 0 Å². The second-order valence-electron chi connectivity index (χ2n) is 5.78. The van der Waals surface area contributed by atoms with Crippen molar-refractivity contribution in [2.75, 3.05) is 13.1 Å². The standard InChI is InChI=1S/C17H21BrN2/c1-13(18)14-7-10-20(11-8-14)12-15-6-9-19-17-5-3-2-4-16(15)17/h2-6,9,13-14H,7-8,10-12H2,1H3. The molecule has 1 aliphatic heterocycles. The smallest absolute Gasteiger partial charge is 0.0705 e. The van der Waals surface area contributed by atoms with Crippen molar-refractivity contribution >= 4 is 26.8 Å². The van der Waals surface area contributed by atoms with Crippen molar-refractivity contribution in [2.24, 2.45) is 5.92 Å². The first-order chi connectivity index (χ1) is 9.74. The Balaban J connectivity index is 1.72. The highest BCUT2D eigenvalue weighted by molar-refractivity contribution is 9.09. The monoisotopic (exact) mass is 332 g/mol. The summed E-state index contributed by atoms with van der Waals surface area (Å²) < 4.78 is 0. The summed E-state index contributed by atoms with van der Waals surface area (Å²) in [5.41, 5.74) is 2.51. The molecule has 20 heavy (non-hydrogen) atoms. The maximum Gasteiger partial charge on any atom is 0.0705 e. The number of rotatable bonds is 3. The third kappa shape index (κ3) is 3.04. The van der Waals surface area contributed by atoms with Gasteiger partial charge in [-0.1, -0.05) is 41.1 Å². The Kier molecular flexibility index (Phi) is 4.37. The van der Waals surface area contributed by atoms with Crippen LogP contribution in [-0.4, -0.2) is 27.8 Å². The molecule has 106 valence electrons. The summed E-state index contributed by atoms with van der Waals surface area (Å²) in [7, 11) is 0. The molecule has 2 heterocycles. The summed E-state index contributed by atoms with van der Waals surface area (Å²) in [6.45, 7) is 5.73. The normalized spacial score (nSPS) is 19.3. The molecular weight excluding hydrogens is 312 g/mol. The molecule has 0 N–H and O–H groups in total. The maximum absolute atomic E-state index is 4.45. The van der Waals surface area contributed by atoms with Gasteiger partial charge in [-0.25, -0.2) is 0 Å². The number of para-hydroxylation sites is 1. The number of piperidine rings is 1. The first-order valence-corrected chi connectivity index (χ1v) is 8.34. The predicted octanol–water partition coefficient (Wildman–Crippen LogP) is 4.23. The lowest BCUT2D eigenvalue weighted by Gasteiger charge is -2.33. The molecule has 1 saturated heterocycles. The van der Waals surface area contributed by atoms with Gasteiger partial charge < -0.3 is 0 Å². The average molecular weight is 333 g/mol. The Morgan fingerprint density at radius 2 is 2.00 bits per heavy atom. The molecule has 1 unspecified atom stereocenters. The van der Waals surface area contributed by atoms with Gasteiger partial charge in [0, 0.05) is 23.0 Å². The van der Waals surface area contributed by atoms with Crippen molar-refractivity contribution < 1.29 is 0 Å². The molecule has 1 aliphatic rings. The van der Waals surface area contributed by atoms with E-state index < -0.39 is 0 Å². The van der Waals surface area contributed by atoms with Gasteiger partial charge >= 0.3 is 0 Å². The Bertz CT molecular complexity index is 569. The minimum Gasteiger partial charge on any atom is -0.299 e. The number of aromatic nitrogens is 1. The minimum atomic E-state index is 0.645. The zero-order valence-electron chi connectivity index (χ0n) is 11.9. The topological polar surface area (TPSA) is 16.1 Å². The summed E-state index contributed by atoms with van der Waals surface area (Å²) in [6.07, 6.45) is 4.54. The Morgan fingerprint density at radius 3 is 2.75 bits per heavy atom. The highest BCUT2D eigenvalue weighted by atomic mass is 79.9. The minimum absolute atomic E-state index is 0.645. The summed E-state index contributed by atoms with van der Waals surface area (Å²) in [4.78, 5) is 7.67. The molecule has 3 rings (SSSR count). The first kappa shape index (κ1) is 14.0. The molecule has 1 atom stereocenters. The van der Waals surface area contributed by atoms with Crippen molar-refractivity contribution in [3.8, 4) is 0 Å². The van der Waals surface area contributed by atoms with E-state index in [1.807, 2.05) is 6.20 Å². The van der Waals surface area contributed by atoms with Gasteiger partial charge in [-0.2, -0.15) is 0 Å². The van der Waals surface area contributed by atoms with Crippen molar-refractivity contribution in [2.45, 2.75) is 31.1 Å². The van der Waals surface area contributed by atoms with Crippen LogP contribution in [0, 0.1) is 5.92 Å². The molecule has 0 aliphatic carbocycles. The van der Waals surface area contributed by atoms with Gasteiger partial charge in [0.05, 0.1) is 5.52 Å². The number of likely N-dealkylation sites (tertiary alicyclic amines) is 1. The molecule has 0 amide bonds. The molecule has 0 spiro atoms. The van der Waals surface area contributed by atoms with Crippen LogP contribution in [0.5, 0.6) is 0 Å². The quantitative estimate of drug-likeness (QED) is 0.782. The van der Waals surface area contributed by atoms with Crippen molar-refractivity contribution in [3.63, 3.8) is 0 Å². The van der Waals surface area contributed by atoms with Gasteiger partial charge in [-0.3, -0.25) is 9.88 Å². The number of alkyl halides is 1. The molecule has 2 aromatic rings. The van der Waals surface area contributed by atoms with Gasteiger partial charge in [0.15, 0.2) is 0 Å². The van der Waals surface area contributed by atoms with Crippen LogP contribution in [0.15, 0.2) is 36.5 Å². The molecule has 1 aromatic heterocycles. The number of pyridine rings is 1. The number of halogens is 1. The van der Waals surface area contributed by atoms with Gasteiger partial charge in [0.25, 0.3) is 0 Å². The SMILES string of the molecule is CC(Br)C1CCN(Cc2ccnc3ccccc23)CC1. The van der Waals surface area contributed by atoms with Crippen LogP contribution in [0.2, 0.25) is 0 Å². The number of nitrogens with zero attached hydrogens (tertiary/aromatic N) is 2. The van der Waals surface area contributed by atoms with Crippen LogP contribution in [0.3, 0.4) is 0 Å².